The van der Waals surface area contributed by atoms with E-state index in [4.69, 9.17) is 10.2 Å². The fourth-order valence-corrected chi connectivity index (χ4v) is 2.36. The van der Waals surface area contributed by atoms with Crippen LogP contribution >= 0.6 is 0 Å². The molecule has 1 heterocycles. The summed E-state index contributed by atoms with van der Waals surface area (Å²) in [5.41, 5.74) is 9.42. The quantitative estimate of drug-likeness (QED) is 0.870. The summed E-state index contributed by atoms with van der Waals surface area (Å²) in [6.45, 7) is 2.69. The number of nitrogens with two attached hydrogens (primary N) is 1. The minimum Gasteiger partial charge on any atom is -0.460 e. The second kappa shape index (κ2) is 4.04. The van der Waals surface area contributed by atoms with Gasteiger partial charge in [0.05, 0.1) is 0 Å². The molecule has 1 aromatic carbocycles. The van der Waals surface area contributed by atoms with Crippen LogP contribution in [0.2, 0.25) is 0 Å². The van der Waals surface area contributed by atoms with Crippen LogP contribution in [-0.4, -0.2) is 0 Å². The molecule has 0 unspecified atom stereocenters. The first-order chi connectivity index (χ1) is 8.31. The molecule has 0 amide bonds. The Hall–Kier alpha value is -1.54. The maximum atomic E-state index is 6.07. The molecule has 88 valence electrons. The molecule has 1 aromatic heterocycles. The molecule has 1 aliphatic carbocycles. The Morgan fingerprint density at radius 2 is 1.94 bits per heavy atom. The number of hydrogen-bond donors (Lipinski definition) is 1. The van der Waals surface area contributed by atoms with E-state index < -0.39 is 0 Å². The smallest absolute Gasteiger partial charge is 0.137 e. The van der Waals surface area contributed by atoms with Crippen LogP contribution in [0.1, 0.15) is 35.6 Å². The van der Waals surface area contributed by atoms with Crippen molar-refractivity contribution in [2.75, 3.05) is 0 Å². The number of rotatable bonds is 3. The van der Waals surface area contributed by atoms with Crippen molar-refractivity contribution in [3.8, 4) is 11.3 Å². The van der Waals surface area contributed by atoms with Crippen LogP contribution in [-0.2, 0) is 6.54 Å². The Labute approximate surface area is 101 Å². The zero-order valence-electron chi connectivity index (χ0n) is 10.1. The maximum Gasteiger partial charge on any atom is 0.137 e. The summed E-state index contributed by atoms with van der Waals surface area (Å²) in [5, 5.41) is 0. The van der Waals surface area contributed by atoms with E-state index in [0.717, 1.165) is 17.1 Å². The van der Waals surface area contributed by atoms with E-state index in [9.17, 15) is 0 Å². The number of furan rings is 1. The van der Waals surface area contributed by atoms with Gasteiger partial charge in [-0.3, -0.25) is 0 Å². The third-order valence-corrected chi connectivity index (χ3v) is 3.49. The first-order valence-corrected chi connectivity index (χ1v) is 6.19. The predicted octanol–water partition coefficient (Wildman–Crippen LogP) is 3.59. The van der Waals surface area contributed by atoms with Gasteiger partial charge in [-0.05, 0) is 19.8 Å². The molecule has 3 rings (SSSR count). The first kappa shape index (κ1) is 10.6. The van der Waals surface area contributed by atoms with Gasteiger partial charge in [0.25, 0.3) is 0 Å². The molecule has 1 fully saturated rings. The zero-order chi connectivity index (χ0) is 11.8. The molecule has 2 aromatic rings. The molecular weight excluding hydrogens is 210 g/mol. The minimum absolute atomic E-state index is 0.577. The second-order valence-electron chi connectivity index (χ2n) is 4.74. The molecule has 0 spiro atoms. The normalized spacial score (nSPS) is 15.2. The van der Waals surface area contributed by atoms with Crippen molar-refractivity contribution in [2.24, 2.45) is 5.73 Å². The highest BCUT2D eigenvalue weighted by Gasteiger charge is 2.31. The standard InChI is InChI=1S/C15H17NO/c1-10-13(9-16)15(12-7-8-12)17-14(10)11-5-3-2-4-6-11/h2-6,12H,7-9,16H2,1H3. The van der Waals surface area contributed by atoms with E-state index >= 15 is 0 Å². The van der Waals surface area contributed by atoms with E-state index in [1.807, 2.05) is 18.2 Å². The van der Waals surface area contributed by atoms with Crippen LogP contribution in [0.4, 0.5) is 0 Å². The maximum absolute atomic E-state index is 6.07. The summed E-state index contributed by atoms with van der Waals surface area (Å²) in [5.74, 6) is 2.74. The molecule has 0 atom stereocenters. The van der Waals surface area contributed by atoms with Gasteiger partial charge in [-0.2, -0.15) is 0 Å². The van der Waals surface area contributed by atoms with Crippen LogP contribution in [0.25, 0.3) is 11.3 Å². The molecule has 17 heavy (non-hydrogen) atoms. The lowest BCUT2D eigenvalue weighted by Crippen LogP contribution is -1.99. The Kier molecular flexibility index (Phi) is 2.52. The molecule has 0 aliphatic heterocycles. The van der Waals surface area contributed by atoms with Gasteiger partial charge in [-0.25, -0.2) is 0 Å². The molecule has 0 saturated heterocycles. The summed E-state index contributed by atoms with van der Waals surface area (Å²) in [4.78, 5) is 0. The van der Waals surface area contributed by atoms with Crippen molar-refractivity contribution < 1.29 is 4.42 Å². The molecule has 0 radical (unpaired) electrons. The van der Waals surface area contributed by atoms with Crippen LogP contribution in [0.3, 0.4) is 0 Å². The van der Waals surface area contributed by atoms with E-state index in [1.54, 1.807) is 0 Å². The number of hydrogen-bond acceptors (Lipinski definition) is 2. The van der Waals surface area contributed by atoms with Gasteiger partial charge in [0, 0.05) is 29.2 Å². The number of benzene rings is 1. The van der Waals surface area contributed by atoms with Crippen LogP contribution < -0.4 is 5.73 Å². The van der Waals surface area contributed by atoms with E-state index in [0.29, 0.717) is 12.5 Å². The third-order valence-electron chi connectivity index (χ3n) is 3.49. The molecule has 1 aliphatic rings. The van der Waals surface area contributed by atoms with Crippen molar-refractivity contribution in [2.45, 2.75) is 32.2 Å². The molecule has 2 nitrogen and oxygen atoms in total. The SMILES string of the molecule is Cc1c(-c2ccccc2)oc(C2CC2)c1CN. The van der Waals surface area contributed by atoms with Gasteiger partial charge in [0.2, 0.25) is 0 Å². The fourth-order valence-electron chi connectivity index (χ4n) is 2.36. The van der Waals surface area contributed by atoms with E-state index in [1.165, 1.54) is 24.0 Å². The van der Waals surface area contributed by atoms with E-state index in [2.05, 4.69) is 19.1 Å². The van der Waals surface area contributed by atoms with Crippen molar-refractivity contribution in [1.82, 2.24) is 0 Å². The summed E-state index contributed by atoms with van der Waals surface area (Å²) >= 11 is 0. The second-order valence-corrected chi connectivity index (χ2v) is 4.74. The van der Waals surface area contributed by atoms with Crippen LogP contribution in [0, 0.1) is 6.92 Å². The monoisotopic (exact) mass is 227 g/mol. The van der Waals surface area contributed by atoms with E-state index in [-0.39, 0.29) is 0 Å². The van der Waals surface area contributed by atoms with Gasteiger partial charge >= 0.3 is 0 Å². The largest absolute Gasteiger partial charge is 0.460 e. The zero-order valence-corrected chi connectivity index (χ0v) is 10.1. The molecule has 1 saturated carbocycles. The average Bonchev–Trinajstić information content (AvgIpc) is 3.15. The Balaban J connectivity index is 2.11. The highest BCUT2D eigenvalue weighted by Crippen LogP contribution is 2.45. The lowest BCUT2D eigenvalue weighted by Gasteiger charge is -1.98. The Morgan fingerprint density at radius 3 is 2.53 bits per heavy atom. The van der Waals surface area contributed by atoms with Gasteiger partial charge < -0.3 is 10.2 Å². The molecule has 2 N–H and O–H groups in total. The first-order valence-electron chi connectivity index (χ1n) is 6.19. The topological polar surface area (TPSA) is 39.2 Å². The summed E-state index contributed by atoms with van der Waals surface area (Å²) in [6.07, 6.45) is 2.49. The van der Waals surface area contributed by atoms with Crippen molar-refractivity contribution >= 4 is 0 Å². The average molecular weight is 227 g/mol. The van der Waals surface area contributed by atoms with Crippen molar-refractivity contribution in [3.05, 3.63) is 47.2 Å². The van der Waals surface area contributed by atoms with Gasteiger partial charge in [-0.1, -0.05) is 30.3 Å². The highest BCUT2D eigenvalue weighted by molar-refractivity contribution is 5.64. The predicted molar refractivity (Wildman–Crippen MR) is 68.7 cm³/mol. The lowest BCUT2D eigenvalue weighted by molar-refractivity contribution is 0.519. The molecule has 2 heteroatoms. The highest BCUT2D eigenvalue weighted by atomic mass is 16.3. The van der Waals surface area contributed by atoms with Crippen molar-refractivity contribution in [3.63, 3.8) is 0 Å². The van der Waals surface area contributed by atoms with Crippen LogP contribution in [0.5, 0.6) is 0 Å². The molecule has 0 bridgehead atoms. The fraction of sp³-hybridized carbons (Fsp3) is 0.333. The Morgan fingerprint density at radius 1 is 1.24 bits per heavy atom. The van der Waals surface area contributed by atoms with Gasteiger partial charge in [0.15, 0.2) is 0 Å². The van der Waals surface area contributed by atoms with Crippen LogP contribution in [0.15, 0.2) is 34.7 Å². The minimum atomic E-state index is 0.577. The summed E-state index contributed by atoms with van der Waals surface area (Å²) in [7, 11) is 0. The summed E-state index contributed by atoms with van der Waals surface area (Å²) < 4.78 is 6.07. The molecular formula is C15H17NO. The van der Waals surface area contributed by atoms with Gasteiger partial charge in [0.1, 0.15) is 11.5 Å². The van der Waals surface area contributed by atoms with Gasteiger partial charge in [-0.15, -0.1) is 0 Å². The van der Waals surface area contributed by atoms with Crippen molar-refractivity contribution in [1.29, 1.82) is 0 Å². The lowest BCUT2D eigenvalue weighted by atomic mass is 10.0. The third kappa shape index (κ3) is 1.79. The summed E-state index contributed by atoms with van der Waals surface area (Å²) in [6, 6.07) is 10.3. The Bertz CT molecular complexity index is 523.